The van der Waals surface area contributed by atoms with Crippen LogP contribution in [-0.2, 0) is 0 Å². The first kappa shape index (κ1) is 10.1. The quantitative estimate of drug-likeness (QED) is 0.791. The molecule has 2 N–H and O–H groups in total. The highest BCUT2D eigenvalue weighted by Crippen LogP contribution is 2.05. The molecule has 0 aliphatic carbocycles. The lowest BCUT2D eigenvalue weighted by atomic mass is 10.4. The first-order chi connectivity index (χ1) is 7.79. The average Bonchev–Trinajstić information content (AvgIpc) is 2.82. The van der Waals surface area contributed by atoms with Crippen LogP contribution >= 0.6 is 0 Å². The van der Waals surface area contributed by atoms with Crippen LogP contribution in [0.3, 0.4) is 0 Å². The number of aromatic nitrogens is 3. The minimum absolute atomic E-state index is 0.204. The van der Waals surface area contributed by atoms with Gasteiger partial charge >= 0.3 is 0 Å². The van der Waals surface area contributed by atoms with Gasteiger partial charge in [-0.2, -0.15) is 0 Å². The molecule has 0 saturated carbocycles. The number of hydrogen-bond donors (Lipinski definition) is 2. The molecule has 0 atom stereocenters. The van der Waals surface area contributed by atoms with Gasteiger partial charge in [0.25, 0.3) is 5.91 Å². The molecule has 7 nitrogen and oxygen atoms in total. The summed E-state index contributed by atoms with van der Waals surface area (Å²) in [7, 11) is 1.70. The maximum Gasteiger partial charge on any atom is 0.277 e. The second-order valence-corrected chi connectivity index (χ2v) is 2.88. The van der Waals surface area contributed by atoms with Gasteiger partial charge in [0.2, 0.25) is 0 Å². The van der Waals surface area contributed by atoms with Gasteiger partial charge in [0.1, 0.15) is 17.8 Å². The van der Waals surface area contributed by atoms with E-state index in [4.69, 9.17) is 0 Å². The third kappa shape index (κ3) is 2.14. The van der Waals surface area contributed by atoms with Crippen molar-refractivity contribution in [2.24, 2.45) is 0 Å². The molecule has 0 radical (unpaired) electrons. The summed E-state index contributed by atoms with van der Waals surface area (Å²) in [6, 6.07) is 1.53. The summed E-state index contributed by atoms with van der Waals surface area (Å²) >= 11 is 0. The lowest BCUT2D eigenvalue weighted by Gasteiger charge is -2.02. The number of anilines is 2. The summed E-state index contributed by atoms with van der Waals surface area (Å²) in [5.74, 6) is 0.466. The molecule has 0 spiro atoms. The summed E-state index contributed by atoms with van der Waals surface area (Å²) in [6.45, 7) is 0. The van der Waals surface area contributed by atoms with Gasteiger partial charge in [-0.25, -0.2) is 4.98 Å². The Balaban J connectivity index is 2.14. The Labute approximate surface area is 90.9 Å². The first-order valence-corrected chi connectivity index (χ1v) is 4.51. The van der Waals surface area contributed by atoms with Gasteiger partial charge in [0, 0.05) is 13.1 Å². The lowest BCUT2D eigenvalue weighted by molar-refractivity contribution is 0.102. The number of amides is 1. The molecule has 0 unspecified atom stereocenters. The minimum Gasteiger partial charge on any atom is -0.372 e. The molecular formula is C9H9N5O2. The largest absolute Gasteiger partial charge is 0.372 e. The maximum absolute atomic E-state index is 11.7. The van der Waals surface area contributed by atoms with E-state index in [0.29, 0.717) is 11.6 Å². The number of carbonyl (C=O) groups excluding carboxylic acids is 1. The zero-order valence-electron chi connectivity index (χ0n) is 8.47. The number of nitrogens with zero attached hydrogens (tertiary/aromatic N) is 3. The second kappa shape index (κ2) is 4.39. The Morgan fingerprint density at radius 2 is 2.25 bits per heavy atom. The Morgan fingerprint density at radius 1 is 1.38 bits per heavy atom. The summed E-state index contributed by atoms with van der Waals surface area (Å²) in [4.78, 5) is 19.6. The van der Waals surface area contributed by atoms with E-state index in [2.05, 4.69) is 30.3 Å². The Hall–Kier alpha value is -2.44. The Morgan fingerprint density at radius 3 is 2.94 bits per heavy atom. The number of hydrogen-bond acceptors (Lipinski definition) is 6. The van der Waals surface area contributed by atoms with Crippen molar-refractivity contribution in [3.05, 3.63) is 30.4 Å². The summed E-state index contributed by atoms with van der Waals surface area (Å²) in [6.07, 6.45) is 4.26. The van der Waals surface area contributed by atoms with Crippen LogP contribution in [0.1, 0.15) is 10.5 Å². The standard InChI is InChI=1S/C9H9N5O2/c1-10-8-5-11-4-6(12-8)9(15)13-7-2-3-16-14-7/h2-5H,1H3,(H,10,12)(H,13,14,15). The fraction of sp³-hybridized carbons (Fsp3) is 0.111. The molecule has 2 aromatic heterocycles. The van der Waals surface area contributed by atoms with Crippen LogP contribution in [0.2, 0.25) is 0 Å². The van der Waals surface area contributed by atoms with Crippen molar-refractivity contribution in [2.45, 2.75) is 0 Å². The molecule has 0 bridgehead atoms. The molecule has 82 valence electrons. The summed E-state index contributed by atoms with van der Waals surface area (Å²) in [5, 5.41) is 8.86. The van der Waals surface area contributed by atoms with Gasteiger partial charge in [0.05, 0.1) is 12.4 Å². The molecule has 2 rings (SSSR count). The van der Waals surface area contributed by atoms with Crippen LogP contribution in [0, 0.1) is 0 Å². The molecule has 16 heavy (non-hydrogen) atoms. The summed E-state index contributed by atoms with van der Waals surface area (Å²) in [5.41, 5.74) is 0.204. The van der Waals surface area contributed by atoms with E-state index in [-0.39, 0.29) is 5.69 Å². The molecule has 7 heteroatoms. The first-order valence-electron chi connectivity index (χ1n) is 4.51. The molecule has 2 aromatic rings. The molecule has 0 aliphatic heterocycles. The van der Waals surface area contributed by atoms with Gasteiger partial charge in [-0.3, -0.25) is 9.78 Å². The molecule has 0 saturated heterocycles. The SMILES string of the molecule is CNc1cncc(C(=O)Nc2ccon2)n1. The van der Waals surface area contributed by atoms with Crippen LogP contribution in [0.4, 0.5) is 11.6 Å². The molecular weight excluding hydrogens is 210 g/mol. The molecule has 2 heterocycles. The minimum atomic E-state index is -0.390. The van der Waals surface area contributed by atoms with E-state index in [1.54, 1.807) is 7.05 Å². The van der Waals surface area contributed by atoms with Crippen molar-refractivity contribution in [2.75, 3.05) is 17.7 Å². The fourth-order valence-electron chi connectivity index (χ4n) is 1.05. The zero-order valence-corrected chi connectivity index (χ0v) is 8.47. The van der Waals surface area contributed by atoms with Crippen molar-refractivity contribution < 1.29 is 9.32 Å². The lowest BCUT2D eigenvalue weighted by Crippen LogP contribution is -2.14. The molecule has 0 fully saturated rings. The van der Waals surface area contributed by atoms with E-state index >= 15 is 0 Å². The molecule has 1 amide bonds. The van der Waals surface area contributed by atoms with Crippen LogP contribution in [0.25, 0.3) is 0 Å². The van der Waals surface area contributed by atoms with Crippen molar-refractivity contribution in [3.63, 3.8) is 0 Å². The molecule has 0 aliphatic rings. The third-order valence-corrected chi connectivity index (χ3v) is 1.80. The highest BCUT2D eigenvalue weighted by atomic mass is 16.5. The van der Waals surface area contributed by atoms with Gasteiger partial charge in [-0.05, 0) is 0 Å². The topological polar surface area (TPSA) is 92.9 Å². The van der Waals surface area contributed by atoms with E-state index in [1.807, 2.05) is 0 Å². The fourth-order valence-corrected chi connectivity index (χ4v) is 1.05. The normalized spacial score (nSPS) is 9.81. The third-order valence-electron chi connectivity index (χ3n) is 1.80. The van der Waals surface area contributed by atoms with Gasteiger partial charge < -0.3 is 15.2 Å². The van der Waals surface area contributed by atoms with Crippen molar-refractivity contribution in [3.8, 4) is 0 Å². The predicted molar refractivity (Wildman–Crippen MR) is 56.0 cm³/mol. The predicted octanol–water partition coefficient (Wildman–Crippen LogP) is 0.759. The smallest absolute Gasteiger partial charge is 0.277 e. The van der Waals surface area contributed by atoms with Crippen LogP contribution in [0.15, 0.2) is 29.2 Å². The van der Waals surface area contributed by atoms with E-state index in [0.717, 1.165) is 0 Å². The number of nitrogens with one attached hydrogen (secondary N) is 2. The number of rotatable bonds is 3. The van der Waals surface area contributed by atoms with Crippen molar-refractivity contribution in [1.29, 1.82) is 0 Å². The Kier molecular flexibility index (Phi) is 2.77. The average molecular weight is 219 g/mol. The van der Waals surface area contributed by atoms with Crippen LogP contribution < -0.4 is 10.6 Å². The van der Waals surface area contributed by atoms with Crippen LogP contribution in [-0.4, -0.2) is 28.1 Å². The van der Waals surface area contributed by atoms with Crippen LogP contribution in [0.5, 0.6) is 0 Å². The molecule has 0 aromatic carbocycles. The Bertz CT molecular complexity index is 482. The van der Waals surface area contributed by atoms with Gasteiger partial charge in [-0.1, -0.05) is 5.16 Å². The second-order valence-electron chi connectivity index (χ2n) is 2.88. The maximum atomic E-state index is 11.7. The highest BCUT2D eigenvalue weighted by Gasteiger charge is 2.10. The van der Waals surface area contributed by atoms with E-state index in [1.165, 1.54) is 24.7 Å². The zero-order chi connectivity index (χ0) is 11.4. The van der Waals surface area contributed by atoms with E-state index < -0.39 is 5.91 Å². The monoisotopic (exact) mass is 219 g/mol. The van der Waals surface area contributed by atoms with Crippen molar-refractivity contribution >= 4 is 17.5 Å². The highest BCUT2D eigenvalue weighted by molar-refractivity contribution is 6.02. The van der Waals surface area contributed by atoms with Gasteiger partial charge in [0.15, 0.2) is 5.82 Å². The summed E-state index contributed by atoms with van der Waals surface area (Å²) < 4.78 is 4.58. The van der Waals surface area contributed by atoms with Crippen molar-refractivity contribution in [1.82, 2.24) is 15.1 Å². The van der Waals surface area contributed by atoms with E-state index in [9.17, 15) is 4.79 Å². The number of carbonyl (C=O) groups is 1. The van der Waals surface area contributed by atoms with Gasteiger partial charge in [-0.15, -0.1) is 0 Å².